The molecule has 0 atom stereocenters. The molecule has 0 aliphatic carbocycles. The molecule has 8 aromatic rings. The maximum Gasteiger partial charge on any atom is 0.188 e. The van der Waals surface area contributed by atoms with Crippen LogP contribution < -0.4 is 20.7 Å². The maximum absolute atomic E-state index is 10.8. The minimum absolute atomic E-state index is 0.615. The summed E-state index contributed by atoms with van der Waals surface area (Å²) in [5.41, 5.74) is 6.18. The first kappa shape index (κ1) is 29.0. The molecule has 7 aromatic carbocycles. The first-order valence-corrected chi connectivity index (χ1v) is 18.0. The van der Waals surface area contributed by atoms with E-state index >= 15 is 0 Å². The SMILES string of the molecule is [C-]#[N+]c1ccc2c(c1)c1ccccc1n2-c1ccccc1-c1ccc([Si](c2ccccc2)(c2ccccc2)c2ccccc2)cc1C#N. The number of hydrogen-bond donors (Lipinski definition) is 0. The third-order valence-electron chi connectivity index (χ3n) is 9.41. The van der Waals surface area contributed by atoms with E-state index in [4.69, 9.17) is 6.57 Å². The number of hydrogen-bond acceptors (Lipinski definition) is 1. The molecule has 0 saturated carbocycles. The molecule has 0 fully saturated rings. The topological polar surface area (TPSA) is 33.1 Å². The predicted octanol–water partition coefficient (Wildman–Crippen LogP) is 8.25. The smallest absolute Gasteiger partial charge is 0.188 e. The van der Waals surface area contributed by atoms with Crippen LogP contribution in [0.4, 0.5) is 5.69 Å². The number of aromatic nitrogens is 1. The zero-order valence-electron chi connectivity index (χ0n) is 26.1. The molecule has 0 amide bonds. The van der Waals surface area contributed by atoms with E-state index in [-0.39, 0.29) is 0 Å². The molecule has 8 rings (SSSR count). The monoisotopic (exact) mass is 627 g/mol. The molecule has 3 nitrogen and oxygen atoms in total. The van der Waals surface area contributed by atoms with Gasteiger partial charge in [0.05, 0.1) is 34.9 Å². The number of rotatable bonds is 6. The van der Waals surface area contributed by atoms with E-state index in [1.807, 2.05) is 42.5 Å². The minimum atomic E-state index is -2.80. The molecule has 0 saturated heterocycles. The number of para-hydroxylation sites is 2. The van der Waals surface area contributed by atoms with Gasteiger partial charge in [0.1, 0.15) is 0 Å². The van der Waals surface area contributed by atoms with E-state index in [0.717, 1.165) is 43.8 Å². The lowest BCUT2D eigenvalue weighted by Gasteiger charge is -2.34. The fraction of sp³-hybridized carbons (Fsp3) is 0. The van der Waals surface area contributed by atoms with Gasteiger partial charge in [-0.25, -0.2) is 4.85 Å². The highest BCUT2D eigenvalue weighted by Crippen LogP contribution is 2.38. The fourth-order valence-corrected chi connectivity index (χ4v) is 12.1. The highest BCUT2D eigenvalue weighted by Gasteiger charge is 2.41. The number of nitriles is 1. The van der Waals surface area contributed by atoms with Crippen LogP contribution in [-0.2, 0) is 0 Å². The van der Waals surface area contributed by atoms with Crippen molar-refractivity contribution in [2.24, 2.45) is 0 Å². The van der Waals surface area contributed by atoms with Gasteiger partial charge in [-0.05, 0) is 56.5 Å². The molecule has 1 heterocycles. The number of benzene rings is 7. The number of nitrogens with zero attached hydrogens (tertiary/aromatic N) is 3. The van der Waals surface area contributed by atoms with Crippen LogP contribution >= 0.6 is 0 Å². The van der Waals surface area contributed by atoms with E-state index < -0.39 is 8.07 Å². The van der Waals surface area contributed by atoms with Crippen molar-refractivity contribution in [2.75, 3.05) is 0 Å². The minimum Gasteiger partial charge on any atom is -0.309 e. The summed E-state index contributed by atoms with van der Waals surface area (Å²) in [6.45, 7) is 7.61. The molecular weight excluding hydrogens is 599 g/mol. The second-order valence-electron chi connectivity index (χ2n) is 11.9. The van der Waals surface area contributed by atoms with Crippen molar-refractivity contribution >= 4 is 56.3 Å². The van der Waals surface area contributed by atoms with Gasteiger partial charge in [-0.2, -0.15) is 5.26 Å². The Kier molecular flexibility index (Phi) is 7.27. The summed E-state index contributed by atoms with van der Waals surface area (Å²) in [5, 5.41) is 17.9. The molecule has 0 aliphatic heterocycles. The lowest BCUT2D eigenvalue weighted by Crippen LogP contribution is -2.74. The van der Waals surface area contributed by atoms with Gasteiger partial charge in [-0.1, -0.05) is 146 Å². The Labute approximate surface area is 281 Å². The van der Waals surface area contributed by atoms with E-state index in [0.29, 0.717) is 11.3 Å². The van der Waals surface area contributed by atoms with Crippen LogP contribution in [0.3, 0.4) is 0 Å². The van der Waals surface area contributed by atoms with E-state index in [2.05, 4.69) is 149 Å². The summed E-state index contributed by atoms with van der Waals surface area (Å²) >= 11 is 0. The van der Waals surface area contributed by atoms with E-state index in [9.17, 15) is 5.26 Å². The summed E-state index contributed by atoms with van der Waals surface area (Å²) in [6, 6.07) is 64.0. The first-order chi connectivity index (χ1) is 23.7. The second kappa shape index (κ2) is 12.0. The quantitative estimate of drug-likeness (QED) is 0.104. The van der Waals surface area contributed by atoms with Gasteiger partial charge in [0.2, 0.25) is 0 Å². The molecule has 1 aromatic heterocycles. The molecule has 0 unspecified atom stereocenters. The summed E-state index contributed by atoms with van der Waals surface area (Å²) in [4.78, 5) is 3.70. The lowest BCUT2D eigenvalue weighted by atomic mass is 9.98. The fourth-order valence-electron chi connectivity index (χ4n) is 7.36. The summed E-state index contributed by atoms with van der Waals surface area (Å²) < 4.78 is 2.26. The first-order valence-electron chi connectivity index (χ1n) is 16.0. The highest BCUT2D eigenvalue weighted by molar-refractivity contribution is 7.19. The van der Waals surface area contributed by atoms with Crippen LogP contribution in [0.2, 0.25) is 0 Å². The van der Waals surface area contributed by atoms with Gasteiger partial charge in [0.15, 0.2) is 13.8 Å². The van der Waals surface area contributed by atoms with Crippen molar-refractivity contribution in [1.29, 1.82) is 5.26 Å². The molecule has 224 valence electrons. The van der Waals surface area contributed by atoms with Gasteiger partial charge in [-0.3, -0.25) is 0 Å². The van der Waals surface area contributed by atoms with Crippen molar-refractivity contribution in [3.8, 4) is 22.9 Å². The molecule has 4 heteroatoms. The standard InChI is InChI=1S/C44H29N3Si/c1-46-33-25-28-44-41(30-33)40-22-12-14-24-43(40)47(44)42-23-13-11-21-39(42)38-27-26-37(29-32(38)31-45)48(34-15-5-2-6-16-34,35-17-7-3-8-18-35)36-19-9-4-10-20-36/h2-30H. The Morgan fingerprint density at radius 1 is 0.500 bits per heavy atom. The average Bonchev–Trinajstić information content (AvgIpc) is 3.50. The van der Waals surface area contributed by atoms with E-state index in [1.165, 1.54) is 15.6 Å². The lowest BCUT2D eigenvalue weighted by molar-refractivity contribution is 1.18. The molecule has 0 bridgehead atoms. The molecule has 0 spiro atoms. The zero-order valence-corrected chi connectivity index (χ0v) is 27.1. The van der Waals surface area contributed by atoms with E-state index in [1.54, 1.807) is 0 Å². The zero-order chi connectivity index (χ0) is 32.5. The molecular formula is C44H29N3Si. The van der Waals surface area contributed by atoms with Crippen LogP contribution in [0, 0.1) is 17.9 Å². The third-order valence-corrected chi connectivity index (χ3v) is 14.2. The normalized spacial score (nSPS) is 11.3. The third kappa shape index (κ3) is 4.55. The molecule has 0 radical (unpaired) electrons. The van der Waals surface area contributed by atoms with Crippen LogP contribution in [0.1, 0.15) is 5.56 Å². The maximum atomic E-state index is 10.8. The summed E-state index contributed by atoms with van der Waals surface area (Å²) in [7, 11) is -2.80. The van der Waals surface area contributed by atoms with Gasteiger partial charge in [0, 0.05) is 16.5 Å². The van der Waals surface area contributed by atoms with Crippen LogP contribution in [-0.4, -0.2) is 12.6 Å². The second-order valence-corrected chi connectivity index (χ2v) is 15.7. The van der Waals surface area contributed by atoms with Crippen molar-refractivity contribution in [3.63, 3.8) is 0 Å². The summed E-state index contributed by atoms with van der Waals surface area (Å²) in [6.07, 6.45) is 0. The average molecular weight is 628 g/mol. The predicted molar refractivity (Wildman–Crippen MR) is 201 cm³/mol. The summed E-state index contributed by atoms with van der Waals surface area (Å²) in [5.74, 6) is 0. The van der Waals surface area contributed by atoms with Gasteiger partial charge < -0.3 is 4.57 Å². The largest absolute Gasteiger partial charge is 0.309 e. The molecule has 48 heavy (non-hydrogen) atoms. The number of fused-ring (bicyclic) bond motifs is 3. The molecule has 0 aliphatic rings. The Morgan fingerprint density at radius 2 is 1.06 bits per heavy atom. The van der Waals surface area contributed by atoms with Gasteiger partial charge >= 0.3 is 0 Å². The van der Waals surface area contributed by atoms with Crippen molar-refractivity contribution in [3.05, 3.63) is 193 Å². The van der Waals surface area contributed by atoms with Crippen molar-refractivity contribution in [2.45, 2.75) is 0 Å². The Bertz CT molecular complexity index is 2430. The Hall–Kier alpha value is -6.46. The Morgan fingerprint density at radius 3 is 1.69 bits per heavy atom. The van der Waals surface area contributed by atoms with Crippen LogP contribution in [0.5, 0.6) is 0 Å². The van der Waals surface area contributed by atoms with Crippen LogP contribution in [0.15, 0.2) is 176 Å². The van der Waals surface area contributed by atoms with Crippen molar-refractivity contribution < 1.29 is 0 Å². The van der Waals surface area contributed by atoms with Gasteiger partial charge in [-0.15, -0.1) is 0 Å². The van der Waals surface area contributed by atoms with Crippen LogP contribution in [0.25, 0.3) is 43.5 Å². The Balaban J connectivity index is 1.39. The highest BCUT2D eigenvalue weighted by atomic mass is 28.3. The van der Waals surface area contributed by atoms with Crippen molar-refractivity contribution in [1.82, 2.24) is 4.57 Å². The van der Waals surface area contributed by atoms with Gasteiger partial charge in [0.25, 0.3) is 0 Å². The molecule has 0 N–H and O–H groups in total.